The fourth-order valence-electron chi connectivity index (χ4n) is 2.91. The standard InChI is InChI=1S/C19H19NO7S/c1-26-18(21)8-4-6-15(19(22)23)20-28(24,25)12-9-10-17-14(11-12)13-5-2-3-7-16(13)27-17/h2-3,5,7,9-11,15,20H,4,6,8H2,1H3,(H,22,23). The molecule has 0 spiro atoms. The molecule has 3 rings (SSSR count). The monoisotopic (exact) mass is 405 g/mol. The Labute approximate surface area is 161 Å². The number of nitrogens with one attached hydrogen (secondary N) is 1. The fraction of sp³-hybridized carbons (Fsp3) is 0.263. The smallest absolute Gasteiger partial charge is 0.321 e. The molecule has 1 heterocycles. The summed E-state index contributed by atoms with van der Waals surface area (Å²) in [6, 6.07) is 10.2. The van der Waals surface area contributed by atoms with Crippen molar-refractivity contribution in [1.82, 2.24) is 4.72 Å². The van der Waals surface area contributed by atoms with Gasteiger partial charge in [-0.2, -0.15) is 4.72 Å². The molecular formula is C19H19NO7S. The lowest BCUT2D eigenvalue weighted by molar-refractivity contribution is -0.142. The Kier molecular flexibility index (Phi) is 5.66. The maximum atomic E-state index is 12.7. The molecular weight excluding hydrogens is 386 g/mol. The van der Waals surface area contributed by atoms with E-state index in [1.165, 1.54) is 25.3 Å². The second-order valence-electron chi connectivity index (χ2n) is 6.24. The van der Waals surface area contributed by atoms with Gasteiger partial charge in [-0.15, -0.1) is 0 Å². The third-order valence-electron chi connectivity index (χ3n) is 4.36. The first kappa shape index (κ1) is 19.8. The topological polar surface area (TPSA) is 123 Å². The number of esters is 1. The van der Waals surface area contributed by atoms with E-state index in [1.54, 1.807) is 6.07 Å². The van der Waals surface area contributed by atoms with Crippen molar-refractivity contribution >= 4 is 43.9 Å². The second kappa shape index (κ2) is 7.99. The number of methoxy groups -OCH3 is 1. The maximum Gasteiger partial charge on any atom is 0.321 e. The Hall–Kier alpha value is -2.91. The third-order valence-corrected chi connectivity index (χ3v) is 5.82. The van der Waals surface area contributed by atoms with Gasteiger partial charge in [0.2, 0.25) is 10.0 Å². The van der Waals surface area contributed by atoms with Crippen LogP contribution in [0.15, 0.2) is 51.8 Å². The number of carboxylic acid groups (broad SMARTS) is 1. The summed E-state index contributed by atoms with van der Waals surface area (Å²) in [7, 11) is -2.86. The molecule has 8 nitrogen and oxygen atoms in total. The van der Waals surface area contributed by atoms with Crippen molar-refractivity contribution in [2.45, 2.75) is 30.2 Å². The molecule has 0 radical (unpaired) electrons. The number of carbonyl (C=O) groups is 2. The normalized spacial score (nSPS) is 12.9. The van der Waals surface area contributed by atoms with E-state index in [1.807, 2.05) is 18.2 Å². The first-order valence-electron chi connectivity index (χ1n) is 8.55. The molecule has 0 amide bonds. The van der Waals surface area contributed by atoms with Crippen LogP contribution in [0.4, 0.5) is 0 Å². The van der Waals surface area contributed by atoms with Crippen molar-refractivity contribution in [1.29, 1.82) is 0 Å². The van der Waals surface area contributed by atoms with Crippen LogP contribution in [0.3, 0.4) is 0 Å². The zero-order valence-electron chi connectivity index (χ0n) is 15.0. The number of ether oxygens (including phenoxy) is 1. The van der Waals surface area contributed by atoms with Gasteiger partial charge in [-0.05, 0) is 37.1 Å². The Bertz CT molecular complexity index is 1130. The molecule has 0 fully saturated rings. The molecule has 148 valence electrons. The molecule has 0 saturated carbocycles. The number of rotatable bonds is 8. The van der Waals surface area contributed by atoms with Crippen LogP contribution in [0.5, 0.6) is 0 Å². The number of hydrogen-bond donors (Lipinski definition) is 2. The highest BCUT2D eigenvalue weighted by atomic mass is 32.2. The van der Waals surface area contributed by atoms with E-state index in [9.17, 15) is 23.1 Å². The average Bonchev–Trinajstić information content (AvgIpc) is 3.04. The molecule has 0 saturated heterocycles. The van der Waals surface area contributed by atoms with Gasteiger partial charge >= 0.3 is 11.9 Å². The van der Waals surface area contributed by atoms with Gasteiger partial charge in [0.1, 0.15) is 17.2 Å². The van der Waals surface area contributed by atoms with E-state index in [2.05, 4.69) is 9.46 Å². The minimum Gasteiger partial charge on any atom is -0.480 e. The van der Waals surface area contributed by atoms with Crippen LogP contribution < -0.4 is 4.72 Å². The fourth-order valence-corrected chi connectivity index (χ4v) is 4.16. The highest BCUT2D eigenvalue weighted by Gasteiger charge is 2.26. The van der Waals surface area contributed by atoms with Gasteiger partial charge in [-0.1, -0.05) is 18.2 Å². The number of aliphatic carboxylic acids is 1. The molecule has 2 N–H and O–H groups in total. The first-order valence-corrected chi connectivity index (χ1v) is 10.0. The van der Waals surface area contributed by atoms with Gasteiger partial charge in [0.05, 0.1) is 12.0 Å². The lowest BCUT2D eigenvalue weighted by Gasteiger charge is -2.14. The minimum absolute atomic E-state index is 0.00890. The summed E-state index contributed by atoms with van der Waals surface area (Å²) in [6.45, 7) is 0. The SMILES string of the molecule is COC(=O)CCCC(NS(=O)(=O)c1ccc2oc3ccccc3c2c1)C(=O)O. The quantitative estimate of drug-likeness (QED) is 0.552. The summed E-state index contributed by atoms with van der Waals surface area (Å²) < 4.78 is 37.8. The van der Waals surface area contributed by atoms with Gasteiger partial charge in [-0.25, -0.2) is 8.42 Å². The predicted molar refractivity (Wildman–Crippen MR) is 101 cm³/mol. The summed E-state index contributed by atoms with van der Waals surface area (Å²) in [6.07, 6.45) is 0.146. The van der Waals surface area contributed by atoms with Crippen molar-refractivity contribution in [3.8, 4) is 0 Å². The second-order valence-corrected chi connectivity index (χ2v) is 7.95. The van der Waals surface area contributed by atoms with Crippen LogP contribution in [0.1, 0.15) is 19.3 Å². The zero-order valence-corrected chi connectivity index (χ0v) is 15.9. The molecule has 1 atom stereocenters. The molecule has 0 aliphatic carbocycles. The summed E-state index contributed by atoms with van der Waals surface area (Å²) in [5.74, 6) is -1.80. The van der Waals surface area contributed by atoms with E-state index >= 15 is 0 Å². The van der Waals surface area contributed by atoms with Crippen molar-refractivity contribution < 1.29 is 32.3 Å². The van der Waals surface area contributed by atoms with Crippen molar-refractivity contribution in [3.63, 3.8) is 0 Å². The number of carbonyl (C=O) groups excluding carboxylic acids is 1. The third kappa shape index (κ3) is 4.15. The van der Waals surface area contributed by atoms with Gasteiger partial charge < -0.3 is 14.3 Å². The van der Waals surface area contributed by atoms with E-state index in [-0.39, 0.29) is 24.2 Å². The molecule has 0 bridgehead atoms. The summed E-state index contributed by atoms with van der Waals surface area (Å²) in [5.41, 5.74) is 1.17. The van der Waals surface area contributed by atoms with Crippen molar-refractivity contribution in [3.05, 3.63) is 42.5 Å². The number of furan rings is 1. The van der Waals surface area contributed by atoms with Gasteiger partial charge in [-0.3, -0.25) is 9.59 Å². The summed E-state index contributed by atoms with van der Waals surface area (Å²) >= 11 is 0. The van der Waals surface area contributed by atoms with Crippen LogP contribution in [0, 0.1) is 0 Å². The Morgan fingerprint density at radius 1 is 1.14 bits per heavy atom. The molecule has 9 heteroatoms. The number of hydrogen-bond acceptors (Lipinski definition) is 6. The van der Waals surface area contributed by atoms with E-state index in [0.717, 1.165) is 5.39 Å². The van der Waals surface area contributed by atoms with Crippen molar-refractivity contribution in [2.75, 3.05) is 7.11 Å². The molecule has 3 aromatic rings. The number of fused-ring (bicyclic) bond motifs is 3. The molecule has 28 heavy (non-hydrogen) atoms. The Balaban J connectivity index is 1.85. The van der Waals surface area contributed by atoms with Crippen LogP contribution in [-0.4, -0.2) is 38.6 Å². The Morgan fingerprint density at radius 2 is 1.86 bits per heavy atom. The number of sulfonamides is 1. The largest absolute Gasteiger partial charge is 0.480 e. The van der Waals surface area contributed by atoms with E-state index in [0.29, 0.717) is 16.6 Å². The van der Waals surface area contributed by atoms with Gasteiger partial charge in [0, 0.05) is 17.2 Å². The van der Waals surface area contributed by atoms with Crippen LogP contribution in [0.2, 0.25) is 0 Å². The van der Waals surface area contributed by atoms with E-state index in [4.69, 9.17) is 4.42 Å². The summed E-state index contributed by atoms with van der Waals surface area (Å²) in [5, 5.41) is 10.7. The highest BCUT2D eigenvalue weighted by molar-refractivity contribution is 7.89. The zero-order chi connectivity index (χ0) is 20.3. The first-order chi connectivity index (χ1) is 13.3. The Morgan fingerprint density at radius 3 is 2.57 bits per heavy atom. The summed E-state index contributed by atoms with van der Waals surface area (Å²) in [4.78, 5) is 22.5. The van der Waals surface area contributed by atoms with Gasteiger partial charge in [0.15, 0.2) is 0 Å². The molecule has 0 aliphatic rings. The molecule has 0 aliphatic heterocycles. The van der Waals surface area contributed by atoms with Crippen LogP contribution >= 0.6 is 0 Å². The van der Waals surface area contributed by atoms with Crippen LogP contribution in [0.25, 0.3) is 21.9 Å². The van der Waals surface area contributed by atoms with E-state index < -0.39 is 28.0 Å². The van der Waals surface area contributed by atoms with Crippen LogP contribution in [-0.2, 0) is 24.3 Å². The minimum atomic E-state index is -4.09. The number of benzene rings is 2. The molecule has 2 aromatic carbocycles. The average molecular weight is 405 g/mol. The van der Waals surface area contributed by atoms with Crippen molar-refractivity contribution in [2.24, 2.45) is 0 Å². The molecule has 1 aromatic heterocycles. The predicted octanol–water partition coefficient (Wildman–Crippen LogP) is 2.66. The highest BCUT2D eigenvalue weighted by Crippen LogP contribution is 2.30. The van der Waals surface area contributed by atoms with Gasteiger partial charge in [0.25, 0.3) is 0 Å². The number of carboxylic acids is 1. The lowest BCUT2D eigenvalue weighted by Crippen LogP contribution is -2.40. The lowest BCUT2D eigenvalue weighted by atomic mass is 10.1. The number of para-hydroxylation sites is 1. The molecule has 1 unspecified atom stereocenters. The maximum absolute atomic E-state index is 12.7.